The highest BCUT2D eigenvalue weighted by Crippen LogP contribution is 2.45. The first-order valence-electron chi connectivity index (χ1n) is 6.49. The van der Waals surface area contributed by atoms with Crippen LogP contribution in [0.5, 0.6) is 0 Å². The Kier molecular flexibility index (Phi) is 4.18. The molecule has 0 aromatic heterocycles. The third kappa shape index (κ3) is 3.36. The van der Waals surface area contributed by atoms with Crippen LogP contribution >= 0.6 is 0 Å². The van der Waals surface area contributed by atoms with Crippen molar-refractivity contribution in [2.24, 2.45) is 0 Å². The van der Waals surface area contributed by atoms with Gasteiger partial charge in [-0.3, -0.25) is 4.90 Å². The Bertz CT molecular complexity index is 279. The van der Waals surface area contributed by atoms with Gasteiger partial charge >= 0.3 is 6.18 Å². The first-order chi connectivity index (χ1) is 8.41. The van der Waals surface area contributed by atoms with Crippen LogP contribution in [0.15, 0.2) is 0 Å². The van der Waals surface area contributed by atoms with Gasteiger partial charge in [-0.1, -0.05) is 0 Å². The van der Waals surface area contributed by atoms with Crippen LogP contribution in [-0.2, 0) is 4.74 Å². The molecule has 0 aromatic carbocycles. The Morgan fingerprint density at radius 1 is 1.22 bits per heavy atom. The second-order valence-corrected chi connectivity index (χ2v) is 5.41. The average Bonchev–Trinajstić information content (AvgIpc) is 2.58. The Morgan fingerprint density at radius 3 is 2.44 bits per heavy atom. The summed E-state index contributed by atoms with van der Waals surface area (Å²) in [4.78, 5) is 2.23. The van der Waals surface area contributed by atoms with E-state index in [0.29, 0.717) is 6.54 Å². The first kappa shape index (κ1) is 14.1. The van der Waals surface area contributed by atoms with E-state index in [0.717, 1.165) is 32.2 Å². The van der Waals surface area contributed by atoms with Gasteiger partial charge in [0.15, 0.2) is 0 Å². The molecule has 2 fully saturated rings. The molecule has 0 amide bonds. The largest absolute Gasteiger partial charge is 0.411 e. The van der Waals surface area contributed by atoms with E-state index in [1.54, 1.807) is 0 Å². The zero-order valence-corrected chi connectivity index (χ0v) is 10.4. The monoisotopic (exact) mass is 267 g/mol. The normalized spacial score (nSPS) is 25.3. The minimum absolute atomic E-state index is 0.241. The van der Waals surface area contributed by atoms with Crippen LogP contribution in [0, 0.1) is 0 Å². The summed E-state index contributed by atoms with van der Waals surface area (Å²) in [7, 11) is 0. The van der Waals surface area contributed by atoms with Crippen molar-refractivity contribution in [3.63, 3.8) is 0 Å². The minimum Gasteiger partial charge on any atom is -0.389 e. The molecule has 1 saturated carbocycles. The maximum absolute atomic E-state index is 11.9. The van der Waals surface area contributed by atoms with Crippen molar-refractivity contribution in [2.75, 3.05) is 26.3 Å². The van der Waals surface area contributed by atoms with E-state index >= 15 is 0 Å². The lowest BCUT2D eigenvalue weighted by Gasteiger charge is -2.46. The highest BCUT2D eigenvalue weighted by molar-refractivity contribution is 5.02. The number of β-amino-alcohol motifs (C(OH)–C–C–N with tert-alkyl or cyclic N) is 1. The molecule has 1 saturated heterocycles. The van der Waals surface area contributed by atoms with Crippen LogP contribution in [0.3, 0.4) is 0 Å². The number of hydrogen-bond donors (Lipinski definition) is 1. The number of aliphatic hydroxyl groups excluding tert-OH is 1. The van der Waals surface area contributed by atoms with Crippen molar-refractivity contribution in [3.8, 4) is 0 Å². The van der Waals surface area contributed by atoms with E-state index in [2.05, 4.69) is 9.64 Å². The van der Waals surface area contributed by atoms with E-state index < -0.39 is 18.9 Å². The fourth-order valence-corrected chi connectivity index (χ4v) is 3.05. The summed E-state index contributed by atoms with van der Waals surface area (Å²) in [6, 6.07) is 0. The van der Waals surface area contributed by atoms with Crippen molar-refractivity contribution in [3.05, 3.63) is 0 Å². The van der Waals surface area contributed by atoms with Gasteiger partial charge in [-0.25, -0.2) is 0 Å². The van der Waals surface area contributed by atoms with Gasteiger partial charge in [0.2, 0.25) is 0 Å². The molecule has 1 N–H and O–H groups in total. The van der Waals surface area contributed by atoms with Gasteiger partial charge in [0.05, 0.1) is 12.7 Å². The van der Waals surface area contributed by atoms with Crippen LogP contribution < -0.4 is 0 Å². The standard InChI is InChI=1S/C12H20F3NO2/c13-12(14,15)9-18-8-10(17)7-16-6-2-5-11(16)3-1-4-11/h10,17H,1-9H2. The maximum Gasteiger partial charge on any atom is 0.411 e. The first-order valence-corrected chi connectivity index (χ1v) is 6.49. The van der Waals surface area contributed by atoms with E-state index in [-0.39, 0.29) is 12.1 Å². The minimum atomic E-state index is -4.32. The number of nitrogens with zero attached hydrogens (tertiary/aromatic N) is 1. The van der Waals surface area contributed by atoms with Crippen LogP contribution in [-0.4, -0.2) is 54.1 Å². The van der Waals surface area contributed by atoms with E-state index in [9.17, 15) is 18.3 Å². The summed E-state index contributed by atoms with van der Waals surface area (Å²) in [5.41, 5.74) is 0.241. The molecule has 0 aromatic rings. The lowest BCUT2D eigenvalue weighted by molar-refractivity contribution is -0.180. The number of hydrogen-bond acceptors (Lipinski definition) is 3. The van der Waals surface area contributed by atoms with Crippen molar-refractivity contribution in [1.82, 2.24) is 4.90 Å². The summed E-state index contributed by atoms with van der Waals surface area (Å²) >= 11 is 0. The number of alkyl halides is 3. The molecule has 0 bridgehead atoms. The summed E-state index contributed by atoms with van der Waals surface area (Å²) in [5, 5.41) is 9.72. The SMILES string of the molecule is OC(COCC(F)(F)F)CN1CCCC12CCC2. The lowest BCUT2D eigenvalue weighted by atomic mass is 9.75. The third-order valence-corrected chi connectivity index (χ3v) is 4.03. The molecule has 2 rings (SSSR count). The van der Waals surface area contributed by atoms with Crippen molar-refractivity contribution in [2.45, 2.75) is 49.9 Å². The molecule has 1 aliphatic carbocycles. The smallest absolute Gasteiger partial charge is 0.389 e. The highest BCUT2D eigenvalue weighted by atomic mass is 19.4. The van der Waals surface area contributed by atoms with Crippen LogP contribution in [0.2, 0.25) is 0 Å². The number of ether oxygens (including phenoxy) is 1. The summed E-state index contributed by atoms with van der Waals surface area (Å²) in [6.45, 7) is -0.157. The lowest BCUT2D eigenvalue weighted by Crippen LogP contribution is -2.52. The van der Waals surface area contributed by atoms with Gasteiger partial charge < -0.3 is 9.84 Å². The second kappa shape index (κ2) is 5.35. The van der Waals surface area contributed by atoms with Crippen molar-refractivity contribution in [1.29, 1.82) is 0 Å². The van der Waals surface area contributed by atoms with Gasteiger partial charge in [0.25, 0.3) is 0 Å². The molecule has 1 spiro atoms. The van der Waals surface area contributed by atoms with E-state index in [4.69, 9.17) is 0 Å². The molecule has 1 atom stereocenters. The molecule has 106 valence electrons. The zero-order chi connectivity index (χ0) is 13.2. The van der Waals surface area contributed by atoms with Gasteiger partial charge in [-0.2, -0.15) is 13.2 Å². The van der Waals surface area contributed by atoms with Crippen molar-refractivity contribution >= 4 is 0 Å². The number of likely N-dealkylation sites (tertiary alicyclic amines) is 1. The molecule has 3 nitrogen and oxygen atoms in total. The number of aliphatic hydroxyl groups is 1. The summed E-state index contributed by atoms with van der Waals surface area (Å²) in [5.74, 6) is 0. The maximum atomic E-state index is 11.9. The Morgan fingerprint density at radius 2 is 1.89 bits per heavy atom. The van der Waals surface area contributed by atoms with Gasteiger partial charge in [0, 0.05) is 12.1 Å². The van der Waals surface area contributed by atoms with Crippen molar-refractivity contribution < 1.29 is 23.0 Å². The average molecular weight is 267 g/mol. The second-order valence-electron chi connectivity index (χ2n) is 5.41. The van der Waals surface area contributed by atoms with Gasteiger partial charge in [-0.15, -0.1) is 0 Å². The molecule has 1 heterocycles. The summed E-state index contributed by atoms with van der Waals surface area (Å²) in [6.07, 6.45) is 0.661. The molecular formula is C12H20F3NO2. The topological polar surface area (TPSA) is 32.7 Å². The number of rotatable bonds is 5. The molecule has 1 unspecified atom stereocenters. The molecule has 2 aliphatic rings. The fourth-order valence-electron chi connectivity index (χ4n) is 3.05. The molecule has 18 heavy (non-hydrogen) atoms. The van der Waals surface area contributed by atoms with E-state index in [1.165, 1.54) is 6.42 Å². The fraction of sp³-hybridized carbons (Fsp3) is 1.00. The highest BCUT2D eigenvalue weighted by Gasteiger charge is 2.45. The van der Waals surface area contributed by atoms with Gasteiger partial charge in [-0.05, 0) is 38.6 Å². The predicted molar refractivity (Wildman–Crippen MR) is 60.3 cm³/mol. The van der Waals surface area contributed by atoms with Gasteiger partial charge in [0.1, 0.15) is 6.61 Å². The molecular weight excluding hydrogens is 247 g/mol. The number of halogens is 3. The van der Waals surface area contributed by atoms with Crippen LogP contribution in [0.25, 0.3) is 0 Å². The quantitative estimate of drug-likeness (QED) is 0.826. The summed E-state index contributed by atoms with van der Waals surface area (Å²) < 4.78 is 40.1. The molecule has 0 radical (unpaired) electrons. The Labute approximate surface area is 105 Å². The molecule has 1 aliphatic heterocycles. The molecule has 6 heteroatoms. The Balaban J connectivity index is 1.69. The Hall–Kier alpha value is -0.330. The van der Waals surface area contributed by atoms with Crippen LogP contribution in [0.1, 0.15) is 32.1 Å². The van der Waals surface area contributed by atoms with Crippen LogP contribution in [0.4, 0.5) is 13.2 Å². The van der Waals surface area contributed by atoms with E-state index in [1.807, 2.05) is 0 Å². The predicted octanol–water partition coefficient (Wildman–Crippen LogP) is 1.94. The third-order valence-electron chi connectivity index (χ3n) is 4.03. The zero-order valence-electron chi connectivity index (χ0n) is 10.4.